The largest absolute Gasteiger partial charge is 0.320 e. The summed E-state index contributed by atoms with van der Waals surface area (Å²) in [5, 5.41) is 2.99. The van der Waals surface area contributed by atoms with E-state index in [1.54, 1.807) is 4.31 Å². The highest BCUT2D eigenvalue weighted by atomic mass is 32.2. The van der Waals surface area contributed by atoms with Crippen LogP contribution in [-0.4, -0.2) is 45.2 Å². The number of sulfonamides is 1. The van der Waals surface area contributed by atoms with E-state index in [9.17, 15) is 8.42 Å². The van der Waals surface area contributed by atoms with Gasteiger partial charge in [-0.3, -0.25) is 0 Å². The van der Waals surface area contributed by atoms with Gasteiger partial charge in [0.2, 0.25) is 10.0 Å². The zero-order chi connectivity index (χ0) is 12.9. The zero-order valence-electron chi connectivity index (χ0n) is 11.3. The van der Waals surface area contributed by atoms with Crippen molar-refractivity contribution in [2.45, 2.75) is 39.5 Å². The highest BCUT2D eigenvalue weighted by Crippen LogP contribution is 2.30. The maximum atomic E-state index is 12.1. The summed E-state index contributed by atoms with van der Waals surface area (Å²) in [4.78, 5) is 0. The van der Waals surface area contributed by atoms with Crippen LogP contribution in [-0.2, 0) is 10.0 Å². The molecule has 5 heteroatoms. The molecular weight excluding hydrogens is 236 g/mol. The lowest BCUT2D eigenvalue weighted by Crippen LogP contribution is -2.35. The third-order valence-corrected chi connectivity index (χ3v) is 5.48. The van der Waals surface area contributed by atoms with Crippen molar-refractivity contribution in [3.63, 3.8) is 0 Å². The second kappa shape index (κ2) is 6.16. The third-order valence-electron chi connectivity index (χ3n) is 3.52. The lowest BCUT2D eigenvalue weighted by atomic mass is 9.85. The molecule has 1 aliphatic heterocycles. The van der Waals surface area contributed by atoms with Gasteiger partial charge in [0.05, 0.1) is 5.75 Å². The van der Waals surface area contributed by atoms with Gasteiger partial charge in [0.1, 0.15) is 0 Å². The van der Waals surface area contributed by atoms with Crippen molar-refractivity contribution in [2.75, 3.05) is 32.4 Å². The molecule has 0 radical (unpaired) electrons. The first-order valence-corrected chi connectivity index (χ1v) is 8.11. The first-order chi connectivity index (χ1) is 7.87. The van der Waals surface area contributed by atoms with E-state index in [1.165, 1.54) is 0 Å². The van der Waals surface area contributed by atoms with Crippen molar-refractivity contribution in [3.8, 4) is 0 Å². The third kappa shape index (κ3) is 4.94. The summed E-state index contributed by atoms with van der Waals surface area (Å²) >= 11 is 0. The Hall–Kier alpha value is -0.130. The molecule has 17 heavy (non-hydrogen) atoms. The van der Waals surface area contributed by atoms with Crippen molar-refractivity contribution < 1.29 is 8.42 Å². The lowest BCUT2D eigenvalue weighted by Gasteiger charge is -2.23. The molecule has 1 heterocycles. The fraction of sp³-hybridized carbons (Fsp3) is 1.00. The smallest absolute Gasteiger partial charge is 0.214 e. The Bertz CT molecular complexity index is 325. The predicted octanol–water partition coefficient (Wildman–Crippen LogP) is 1.44. The van der Waals surface area contributed by atoms with Gasteiger partial charge in [-0.15, -0.1) is 0 Å². The maximum Gasteiger partial charge on any atom is 0.214 e. The summed E-state index contributed by atoms with van der Waals surface area (Å²) in [6.45, 7) is 6.60. The molecule has 1 rings (SSSR count). The molecule has 0 unspecified atom stereocenters. The second-order valence-electron chi connectivity index (χ2n) is 5.69. The van der Waals surface area contributed by atoms with Crippen molar-refractivity contribution in [1.29, 1.82) is 0 Å². The summed E-state index contributed by atoms with van der Waals surface area (Å²) < 4.78 is 25.9. The van der Waals surface area contributed by atoms with Crippen LogP contribution < -0.4 is 5.32 Å². The summed E-state index contributed by atoms with van der Waals surface area (Å²) in [7, 11) is -1.19. The average Bonchev–Trinajstić information content (AvgIpc) is 2.40. The number of hydrogen-bond donors (Lipinski definition) is 1. The molecule has 1 fully saturated rings. The standard InChI is InChI=1S/C12H26N2O2S/c1-12(2)6-4-9-14(10-7-12)17(15,16)11-5-8-13-3/h13H,4-11H2,1-3H3. The van der Waals surface area contributed by atoms with Crippen LogP contribution in [0.25, 0.3) is 0 Å². The van der Waals surface area contributed by atoms with Crippen molar-refractivity contribution in [1.82, 2.24) is 9.62 Å². The first kappa shape index (κ1) is 14.9. The SMILES string of the molecule is CNCCCS(=O)(=O)N1CCCC(C)(C)CC1. The fourth-order valence-corrected chi connectivity index (χ4v) is 3.78. The maximum absolute atomic E-state index is 12.1. The molecule has 0 aromatic heterocycles. The molecule has 0 aromatic carbocycles. The van der Waals surface area contributed by atoms with E-state index in [0.29, 0.717) is 19.5 Å². The summed E-state index contributed by atoms with van der Waals surface area (Å²) in [6.07, 6.45) is 3.77. The molecule has 0 bridgehead atoms. The minimum absolute atomic E-state index is 0.272. The van der Waals surface area contributed by atoms with E-state index in [4.69, 9.17) is 0 Å². The van der Waals surface area contributed by atoms with Gasteiger partial charge in [-0.25, -0.2) is 12.7 Å². The number of nitrogens with zero attached hydrogens (tertiary/aromatic N) is 1. The fourth-order valence-electron chi connectivity index (χ4n) is 2.24. The van der Waals surface area contributed by atoms with Crippen LogP contribution >= 0.6 is 0 Å². The van der Waals surface area contributed by atoms with Gasteiger partial charge < -0.3 is 5.32 Å². The molecular formula is C12H26N2O2S. The van der Waals surface area contributed by atoms with Crippen LogP contribution in [0.1, 0.15) is 39.5 Å². The molecule has 1 saturated heterocycles. The Morgan fingerprint density at radius 3 is 2.59 bits per heavy atom. The average molecular weight is 262 g/mol. The Kier molecular flexibility index (Phi) is 5.41. The topological polar surface area (TPSA) is 49.4 Å². The van der Waals surface area contributed by atoms with Gasteiger partial charge >= 0.3 is 0 Å². The van der Waals surface area contributed by atoms with Gasteiger partial charge in [-0.2, -0.15) is 0 Å². The number of hydrogen-bond acceptors (Lipinski definition) is 3. The van der Waals surface area contributed by atoms with E-state index < -0.39 is 10.0 Å². The first-order valence-electron chi connectivity index (χ1n) is 6.50. The molecule has 0 amide bonds. The van der Waals surface area contributed by atoms with Crippen LogP contribution in [0.5, 0.6) is 0 Å². The van der Waals surface area contributed by atoms with Crippen LogP contribution in [0.4, 0.5) is 0 Å². The van der Waals surface area contributed by atoms with Crippen molar-refractivity contribution in [3.05, 3.63) is 0 Å². The van der Waals surface area contributed by atoms with E-state index in [1.807, 2.05) is 7.05 Å². The van der Waals surface area contributed by atoms with Crippen molar-refractivity contribution >= 4 is 10.0 Å². The lowest BCUT2D eigenvalue weighted by molar-refractivity contribution is 0.314. The van der Waals surface area contributed by atoms with Gasteiger partial charge in [-0.05, 0) is 44.7 Å². The van der Waals surface area contributed by atoms with Crippen LogP contribution in [0.15, 0.2) is 0 Å². The highest BCUT2D eigenvalue weighted by molar-refractivity contribution is 7.89. The van der Waals surface area contributed by atoms with Gasteiger partial charge in [-0.1, -0.05) is 13.8 Å². The zero-order valence-corrected chi connectivity index (χ0v) is 12.1. The minimum Gasteiger partial charge on any atom is -0.320 e. The Morgan fingerprint density at radius 1 is 1.24 bits per heavy atom. The molecule has 0 atom stereocenters. The van der Waals surface area contributed by atoms with Crippen LogP contribution in [0, 0.1) is 5.41 Å². The Labute approximate surface area is 106 Å². The van der Waals surface area contributed by atoms with E-state index in [-0.39, 0.29) is 11.2 Å². The highest BCUT2D eigenvalue weighted by Gasteiger charge is 2.28. The minimum atomic E-state index is -3.04. The monoisotopic (exact) mass is 262 g/mol. The van der Waals surface area contributed by atoms with E-state index in [0.717, 1.165) is 25.8 Å². The van der Waals surface area contributed by atoms with Crippen LogP contribution in [0.2, 0.25) is 0 Å². The molecule has 0 aromatic rings. The van der Waals surface area contributed by atoms with E-state index in [2.05, 4.69) is 19.2 Å². The molecule has 0 spiro atoms. The summed E-state index contributed by atoms with van der Waals surface area (Å²) in [5.41, 5.74) is 0.287. The summed E-state index contributed by atoms with van der Waals surface area (Å²) in [5.74, 6) is 0.272. The van der Waals surface area contributed by atoms with Crippen LogP contribution in [0.3, 0.4) is 0 Å². The molecule has 4 nitrogen and oxygen atoms in total. The predicted molar refractivity (Wildman–Crippen MR) is 71.5 cm³/mol. The molecule has 102 valence electrons. The normalized spacial score (nSPS) is 22.3. The second-order valence-corrected chi connectivity index (χ2v) is 7.78. The quantitative estimate of drug-likeness (QED) is 0.763. The Balaban J connectivity index is 2.54. The number of nitrogens with one attached hydrogen (secondary N) is 1. The van der Waals surface area contributed by atoms with E-state index >= 15 is 0 Å². The molecule has 1 N–H and O–H groups in total. The van der Waals surface area contributed by atoms with Gasteiger partial charge in [0.15, 0.2) is 0 Å². The van der Waals surface area contributed by atoms with Crippen molar-refractivity contribution in [2.24, 2.45) is 5.41 Å². The van der Waals surface area contributed by atoms with Gasteiger partial charge in [0.25, 0.3) is 0 Å². The van der Waals surface area contributed by atoms with Gasteiger partial charge in [0, 0.05) is 13.1 Å². The molecule has 0 saturated carbocycles. The number of rotatable bonds is 5. The Morgan fingerprint density at radius 2 is 1.94 bits per heavy atom. The summed E-state index contributed by atoms with van der Waals surface area (Å²) in [6, 6.07) is 0. The molecule has 1 aliphatic rings. The molecule has 0 aliphatic carbocycles.